The average molecular weight is 681 g/mol. The molecule has 0 aromatic heterocycles. The van der Waals surface area contributed by atoms with Gasteiger partial charge in [0, 0.05) is 77.0 Å². The summed E-state index contributed by atoms with van der Waals surface area (Å²) in [6, 6.07) is 0. The van der Waals surface area contributed by atoms with Crippen molar-refractivity contribution >= 4 is 35.4 Å². The molecular formula is C33H64N2O12. The highest BCUT2D eigenvalue weighted by Crippen LogP contribution is 2.07. The molecule has 47 heavy (non-hydrogen) atoms. The quantitative estimate of drug-likeness (QED) is 0.130. The Morgan fingerprint density at radius 3 is 1.32 bits per heavy atom. The summed E-state index contributed by atoms with van der Waals surface area (Å²) in [4.78, 5) is 68.5. The number of carboxylic acids is 1. The van der Waals surface area contributed by atoms with E-state index < -0.39 is 17.8 Å². The van der Waals surface area contributed by atoms with E-state index in [1.165, 1.54) is 12.2 Å². The molecule has 0 aromatic carbocycles. The Morgan fingerprint density at radius 2 is 0.957 bits per heavy atom. The highest BCUT2D eigenvalue weighted by Gasteiger charge is 2.24. The molecule has 0 bridgehead atoms. The fraction of sp³-hybridized carbons (Fsp3) is 0.697. The lowest BCUT2D eigenvalue weighted by molar-refractivity contribution is -0.141. The molecular weight excluding hydrogens is 616 g/mol. The summed E-state index contributed by atoms with van der Waals surface area (Å²) in [5, 5.41) is 8.28. The number of methoxy groups -OCH3 is 2. The Kier molecular flexibility index (Phi) is 40.6. The van der Waals surface area contributed by atoms with Crippen molar-refractivity contribution in [1.82, 2.24) is 9.80 Å². The second-order valence-electron chi connectivity index (χ2n) is 8.94. The van der Waals surface area contributed by atoms with Crippen LogP contribution < -0.4 is 0 Å². The summed E-state index contributed by atoms with van der Waals surface area (Å²) in [6.45, 7) is 4.08. The fourth-order valence-electron chi connectivity index (χ4n) is 3.42. The summed E-state index contributed by atoms with van der Waals surface area (Å²) >= 11 is 0. The van der Waals surface area contributed by atoms with Gasteiger partial charge in [0.15, 0.2) is 0 Å². The number of hydrogen-bond acceptors (Lipinski definition) is 11. The van der Waals surface area contributed by atoms with Crippen molar-refractivity contribution in [3.05, 3.63) is 24.3 Å². The first-order valence-electron chi connectivity index (χ1n) is 13.2. The van der Waals surface area contributed by atoms with Crippen LogP contribution in [0, 0.1) is 5.92 Å². The molecule has 278 valence electrons. The van der Waals surface area contributed by atoms with Gasteiger partial charge in [-0.15, -0.1) is 0 Å². The molecule has 0 spiro atoms. The van der Waals surface area contributed by atoms with Gasteiger partial charge in [0.2, 0.25) is 0 Å². The summed E-state index contributed by atoms with van der Waals surface area (Å²) in [7, 11) is 3.24. The zero-order chi connectivity index (χ0) is 30.5. The van der Waals surface area contributed by atoms with Crippen molar-refractivity contribution in [1.29, 1.82) is 0 Å². The number of Topliss-reactive ketones (excluding diaryl/α,β-unsaturated/α-hetero) is 1. The molecule has 0 atom stereocenters. The highest BCUT2D eigenvalue weighted by molar-refractivity contribution is 6.13. The number of ether oxygens (including phenoxy) is 5. The molecule has 0 radical (unpaired) electrons. The van der Waals surface area contributed by atoms with E-state index in [9.17, 15) is 28.8 Å². The van der Waals surface area contributed by atoms with Crippen LogP contribution in [0.1, 0.15) is 70.2 Å². The molecule has 2 heterocycles. The normalized spacial score (nSPS) is 12.6. The molecule has 0 fully saturated rings. The lowest BCUT2D eigenvalue weighted by Gasteiger charge is -2.17. The smallest absolute Gasteiger partial charge is 0.305 e. The molecule has 4 amide bonds. The molecule has 14 heteroatoms. The maximum atomic E-state index is 11.9. The van der Waals surface area contributed by atoms with E-state index in [0.717, 1.165) is 22.0 Å². The van der Waals surface area contributed by atoms with E-state index in [4.69, 9.17) is 28.8 Å². The Hall–Kier alpha value is -3.30. The van der Waals surface area contributed by atoms with Gasteiger partial charge in [-0.05, 0) is 6.42 Å². The number of hydrogen-bond donors (Lipinski definition) is 1. The summed E-state index contributed by atoms with van der Waals surface area (Å²) in [5.74, 6) is -2.55. The van der Waals surface area contributed by atoms with E-state index in [0.29, 0.717) is 65.7 Å². The van der Waals surface area contributed by atoms with Crippen molar-refractivity contribution in [2.75, 3.05) is 80.2 Å². The van der Waals surface area contributed by atoms with Crippen molar-refractivity contribution in [3.8, 4) is 0 Å². The van der Waals surface area contributed by atoms with Crippen molar-refractivity contribution in [2.24, 2.45) is 5.92 Å². The first kappa shape index (κ1) is 56.1. The van der Waals surface area contributed by atoms with E-state index >= 15 is 0 Å². The fourth-order valence-corrected chi connectivity index (χ4v) is 3.42. The average Bonchev–Trinajstić information content (AvgIpc) is 3.44. The van der Waals surface area contributed by atoms with Gasteiger partial charge in [-0.25, -0.2) is 0 Å². The van der Waals surface area contributed by atoms with Crippen LogP contribution in [0.5, 0.6) is 0 Å². The van der Waals surface area contributed by atoms with Gasteiger partial charge in [-0.2, -0.15) is 0 Å². The summed E-state index contributed by atoms with van der Waals surface area (Å²) in [6.07, 6.45) is 5.59. The van der Waals surface area contributed by atoms with Gasteiger partial charge in [0.25, 0.3) is 23.6 Å². The Balaban J connectivity index is -0.000000200. The minimum absolute atomic E-state index is 0. The summed E-state index contributed by atoms with van der Waals surface area (Å²) < 4.78 is 26.7. The topological polar surface area (TPSA) is 175 Å². The molecule has 0 saturated carbocycles. The molecule has 2 aliphatic rings. The Labute approximate surface area is 283 Å². The molecule has 2 aliphatic heterocycles. The zero-order valence-corrected chi connectivity index (χ0v) is 23.6. The molecule has 1 N–H and O–H groups in total. The molecule has 0 saturated heterocycles. The molecule has 0 unspecified atom stereocenters. The third-order valence-electron chi connectivity index (χ3n) is 5.63. The SMILES string of the molecule is C.C.C.C.C.C.COCCOCC(COCCCC(=O)CCN1C(=O)C=CC1=O)COCCOC.O=C(O)CCN1C(=O)C=CC1=O. The third-order valence-corrected chi connectivity index (χ3v) is 5.63. The van der Waals surface area contributed by atoms with Crippen LogP contribution in [0.3, 0.4) is 0 Å². The number of carboxylic acid groups (broad SMARTS) is 1. The lowest BCUT2D eigenvalue weighted by Crippen LogP contribution is -2.32. The van der Waals surface area contributed by atoms with Crippen LogP contribution in [0.2, 0.25) is 0 Å². The van der Waals surface area contributed by atoms with E-state index in [1.807, 2.05) is 0 Å². The standard InChI is InChI=1S/C20H33NO8.C7H7NO4.6CH4/c1-25-10-12-28-15-17(16-29-13-11-26-2)14-27-9-3-4-18(22)7-8-21-19(23)5-6-20(21)24;9-5-1-2-6(10)8(5)4-3-7(11)12;;;;;;/h5-6,17H,3-4,7-16H2,1-2H3;1-2H,3-4H2,(H,11,12);6*1H4. The monoisotopic (exact) mass is 680 g/mol. The van der Waals surface area contributed by atoms with Gasteiger partial charge in [-0.1, -0.05) is 44.6 Å². The van der Waals surface area contributed by atoms with Crippen molar-refractivity contribution in [2.45, 2.75) is 70.2 Å². The van der Waals surface area contributed by atoms with Gasteiger partial charge >= 0.3 is 5.97 Å². The van der Waals surface area contributed by atoms with Gasteiger partial charge in [0.05, 0.1) is 52.7 Å². The molecule has 14 nitrogen and oxygen atoms in total. The van der Waals surface area contributed by atoms with Gasteiger partial charge in [0.1, 0.15) is 5.78 Å². The van der Waals surface area contributed by atoms with Crippen LogP contribution in [0.15, 0.2) is 24.3 Å². The Morgan fingerprint density at radius 1 is 0.596 bits per heavy atom. The van der Waals surface area contributed by atoms with Crippen LogP contribution in [-0.2, 0) is 52.5 Å². The zero-order valence-electron chi connectivity index (χ0n) is 23.6. The number of carbonyl (C=O) groups excluding carboxylic acids is 5. The third kappa shape index (κ3) is 25.5. The van der Waals surface area contributed by atoms with Crippen LogP contribution in [0.4, 0.5) is 0 Å². The second-order valence-corrected chi connectivity index (χ2v) is 8.94. The number of nitrogens with zero attached hydrogens (tertiary/aromatic N) is 2. The van der Waals surface area contributed by atoms with Crippen LogP contribution in [-0.4, -0.2) is 130 Å². The molecule has 0 aromatic rings. The van der Waals surface area contributed by atoms with Crippen LogP contribution in [0.25, 0.3) is 0 Å². The maximum absolute atomic E-state index is 11.9. The number of aliphatic carboxylic acids is 1. The minimum Gasteiger partial charge on any atom is -0.481 e. The number of ketones is 1. The molecule has 0 aliphatic carbocycles. The molecule has 2 rings (SSSR count). The van der Waals surface area contributed by atoms with E-state index in [2.05, 4.69) is 0 Å². The van der Waals surface area contributed by atoms with Gasteiger partial charge in [-0.3, -0.25) is 38.6 Å². The minimum atomic E-state index is -1.03. The van der Waals surface area contributed by atoms with E-state index in [1.54, 1.807) is 14.2 Å². The first-order chi connectivity index (χ1) is 19.7. The van der Waals surface area contributed by atoms with E-state index in [-0.39, 0.29) is 94.0 Å². The number of amides is 4. The summed E-state index contributed by atoms with van der Waals surface area (Å²) in [5.41, 5.74) is 0. The predicted molar refractivity (Wildman–Crippen MR) is 183 cm³/mol. The number of rotatable bonds is 22. The maximum Gasteiger partial charge on any atom is 0.305 e. The van der Waals surface area contributed by atoms with Gasteiger partial charge < -0.3 is 28.8 Å². The second kappa shape index (κ2) is 34.0. The largest absolute Gasteiger partial charge is 0.481 e. The lowest BCUT2D eigenvalue weighted by atomic mass is 10.1. The number of carbonyl (C=O) groups is 6. The Bertz CT molecular complexity index is 889. The number of imide groups is 2. The van der Waals surface area contributed by atoms with Crippen LogP contribution >= 0.6 is 0 Å². The predicted octanol–water partition coefficient (Wildman–Crippen LogP) is 3.81. The van der Waals surface area contributed by atoms with Crippen molar-refractivity contribution in [3.63, 3.8) is 0 Å². The first-order valence-corrected chi connectivity index (χ1v) is 13.2. The van der Waals surface area contributed by atoms with Crippen molar-refractivity contribution < 1.29 is 57.6 Å². The highest BCUT2D eigenvalue weighted by atomic mass is 16.5.